The van der Waals surface area contributed by atoms with Gasteiger partial charge in [-0.25, -0.2) is 0 Å². The Balaban J connectivity index is 1.36. The molecule has 5 nitrogen and oxygen atoms in total. The van der Waals surface area contributed by atoms with Crippen LogP contribution in [0.2, 0.25) is 0 Å². The number of ether oxygens (including phenoxy) is 5. The van der Waals surface area contributed by atoms with Crippen LogP contribution in [0.4, 0.5) is 0 Å². The van der Waals surface area contributed by atoms with Crippen LogP contribution in [0.1, 0.15) is 33.4 Å². The van der Waals surface area contributed by atoms with Gasteiger partial charge in [-0.15, -0.1) is 12.6 Å². The molecule has 1 saturated heterocycles. The molecule has 0 amide bonds. The lowest BCUT2D eigenvalue weighted by Gasteiger charge is -2.51. The highest BCUT2D eigenvalue weighted by Gasteiger charge is 2.56. The molecule has 1 aliphatic heterocycles. The summed E-state index contributed by atoms with van der Waals surface area (Å²) in [5, 5.41) is 0. The van der Waals surface area contributed by atoms with E-state index < -0.39 is 29.3 Å². The molecule has 0 radical (unpaired) electrons. The first-order valence-corrected chi connectivity index (χ1v) is 16.6. The molecule has 5 aromatic rings. The van der Waals surface area contributed by atoms with E-state index in [-0.39, 0.29) is 6.61 Å². The smallest absolute Gasteiger partial charge is 0.165 e. The summed E-state index contributed by atoms with van der Waals surface area (Å²) in [6.07, 6.45) is -2.23. The molecule has 47 heavy (non-hydrogen) atoms. The van der Waals surface area contributed by atoms with Gasteiger partial charge in [-0.1, -0.05) is 151 Å². The SMILES string of the molecule is Cc1ccc(CO[C@@H]2[C@@H](OCc3ccccc3)[C@@H](OCc3ccccc3)[C@@H](COCc3ccccc3)O[C@]2(S)c2ccccc2)cc1. The lowest BCUT2D eigenvalue weighted by molar-refractivity contribution is -0.286. The Morgan fingerprint density at radius 3 is 1.53 bits per heavy atom. The fourth-order valence-corrected chi connectivity index (χ4v) is 6.38. The maximum atomic E-state index is 7.01. The third-order valence-corrected chi connectivity index (χ3v) is 9.03. The molecule has 0 unspecified atom stereocenters. The molecule has 6 heteroatoms. The van der Waals surface area contributed by atoms with Crippen molar-refractivity contribution in [2.75, 3.05) is 6.61 Å². The van der Waals surface area contributed by atoms with Gasteiger partial charge in [0.1, 0.15) is 24.4 Å². The maximum Gasteiger partial charge on any atom is 0.165 e. The first-order valence-electron chi connectivity index (χ1n) is 16.1. The van der Waals surface area contributed by atoms with Crippen LogP contribution in [-0.2, 0) is 55.0 Å². The Morgan fingerprint density at radius 1 is 0.532 bits per heavy atom. The molecular weight excluding hydrogens is 605 g/mol. The van der Waals surface area contributed by atoms with Crippen LogP contribution < -0.4 is 0 Å². The van der Waals surface area contributed by atoms with Crippen molar-refractivity contribution in [3.05, 3.63) is 179 Å². The monoisotopic (exact) mass is 646 g/mol. The molecule has 0 saturated carbocycles. The number of benzene rings is 5. The summed E-state index contributed by atoms with van der Waals surface area (Å²) in [4.78, 5) is -1.17. The molecular formula is C41H42O5S. The zero-order valence-corrected chi connectivity index (χ0v) is 27.6. The summed E-state index contributed by atoms with van der Waals surface area (Å²) in [6, 6.07) is 48.8. The van der Waals surface area contributed by atoms with Crippen LogP contribution in [0.25, 0.3) is 0 Å². The first kappa shape index (κ1) is 33.2. The van der Waals surface area contributed by atoms with E-state index in [1.165, 1.54) is 5.56 Å². The average Bonchev–Trinajstić information content (AvgIpc) is 3.12. The molecule has 1 aliphatic rings. The molecule has 6 rings (SSSR count). The summed E-state index contributed by atoms with van der Waals surface area (Å²) in [6.45, 7) is 3.91. The zero-order valence-electron chi connectivity index (χ0n) is 26.7. The van der Waals surface area contributed by atoms with E-state index in [4.69, 9.17) is 36.3 Å². The number of hydrogen-bond donors (Lipinski definition) is 1. The summed E-state index contributed by atoms with van der Waals surface area (Å²) in [5.41, 5.74) is 6.32. The van der Waals surface area contributed by atoms with Crippen molar-refractivity contribution < 1.29 is 23.7 Å². The minimum absolute atomic E-state index is 0.277. The summed E-state index contributed by atoms with van der Waals surface area (Å²) < 4.78 is 33.8. The molecule has 1 fully saturated rings. The fraction of sp³-hybridized carbons (Fsp3) is 0.268. The van der Waals surface area contributed by atoms with Gasteiger partial charge in [-0.3, -0.25) is 0 Å². The molecule has 0 aromatic heterocycles. The Kier molecular flexibility index (Phi) is 11.6. The zero-order chi connectivity index (χ0) is 32.3. The van der Waals surface area contributed by atoms with E-state index in [1.807, 2.05) is 84.9 Å². The second-order valence-electron chi connectivity index (χ2n) is 12.0. The van der Waals surface area contributed by atoms with Crippen LogP contribution in [0, 0.1) is 6.92 Å². The van der Waals surface area contributed by atoms with Gasteiger partial charge < -0.3 is 23.7 Å². The third-order valence-electron chi connectivity index (χ3n) is 8.41. The second-order valence-corrected chi connectivity index (χ2v) is 12.6. The Bertz CT molecular complexity index is 1620. The minimum Gasteiger partial charge on any atom is -0.374 e. The molecule has 1 heterocycles. The maximum absolute atomic E-state index is 7.01. The Labute approximate surface area is 283 Å². The van der Waals surface area contributed by atoms with Gasteiger partial charge in [0, 0.05) is 0 Å². The van der Waals surface area contributed by atoms with Crippen molar-refractivity contribution >= 4 is 12.6 Å². The normalized spacial score (nSPS) is 22.6. The van der Waals surface area contributed by atoms with Gasteiger partial charge in [0.05, 0.1) is 33.0 Å². The molecule has 0 bridgehead atoms. The fourth-order valence-electron chi connectivity index (χ4n) is 5.87. The van der Waals surface area contributed by atoms with Gasteiger partial charge in [-0.05, 0) is 34.7 Å². The van der Waals surface area contributed by atoms with Crippen molar-refractivity contribution in [2.24, 2.45) is 0 Å². The van der Waals surface area contributed by atoms with Crippen molar-refractivity contribution in [3.8, 4) is 0 Å². The second kappa shape index (κ2) is 16.4. The Hall–Kier alpha value is -3.75. The molecule has 0 aliphatic carbocycles. The number of aryl methyl sites for hydroxylation is 1. The predicted molar refractivity (Wildman–Crippen MR) is 188 cm³/mol. The lowest BCUT2D eigenvalue weighted by Crippen LogP contribution is -2.63. The number of thiol groups is 1. The van der Waals surface area contributed by atoms with Crippen LogP contribution >= 0.6 is 12.6 Å². The average molecular weight is 647 g/mol. The molecule has 0 spiro atoms. The van der Waals surface area contributed by atoms with Gasteiger partial charge in [0.25, 0.3) is 0 Å². The highest BCUT2D eigenvalue weighted by atomic mass is 32.1. The van der Waals surface area contributed by atoms with Crippen molar-refractivity contribution in [2.45, 2.75) is 62.7 Å². The quantitative estimate of drug-likeness (QED) is 0.123. The number of rotatable bonds is 14. The van der Waals surface area contributed by atoms with Crippen LogP contribution in [0.15, 0.2) is 146 Å². The van der Waals surface area contributed by atoms with E-state index >= 15 is 0 Å². The van der Waals surface area contributed by atoms with Crippen LogP contribution in [-0.4, -0.2) is 31.0 Å². The largest absolute Gasteiger partial charge is 0.374 e. The third kappa shape index (κ3) is 8.79. The number of hydrogen-bond acceptors (Lipinski definition) is 6. The van der Waals surface area contributed by atoms with E-state index in [2.05, 4.69) is 67.6 Å². The van der Waals surface area contributed by atoms with E-state index in [9.17, 15) is 0 Å². The summed E-state index contributed by atoms with van der Waals surface area (Å²) >= 11 is 5.33. The van der Waals surface area contributed by atoms with Crippen molar-refractivity contribution in [1.29, 1.82) is 0 Å². The first-order chi connectivity index (χ1) is 23.1. The summed E-state index contributed by atoms with van der Waals surface area (Å²) in [5.74, 6) is 0. The van der Waals surface area contributed by atoms with E-state index in [0.717, 1.165) is 27.8 Å². The van der Waals surface area contributed by atoms with Gasteiger partial charge in [0.15, 0.2) is 4.93 Å². The van der Waals surface area contributed by atoms with Gasteiger partial charge in [0.2, 0.25) is 0 Å². The predicted octanol–water partition coefficient (Wildman–Crippen LogP) is 8.45. The highest BCUT2D eigenvalue weighted by Crippen LogP contribution is 2.45. The Morgan fingerprint density at radius 2 is 0.979 bits per heavy atom. The van der Waals surface area contributed by atoms with Crippen molar-refractivity contribution in [3.63, 3.8) is 0 Å². The van der Waals surface area contributed by atoms with Crippen LogP contribution in [0.3, 0.4) is 0 Å². The van der Waals surface area contributed by atoms with Crippen molar-refractivity contribution in [1.82, 2.24) is 0 Å². The van der Waals surface area contributed by atoms with Crippen LogP contribution in [0.5, 0.6) is 0 Å². The standard InChI is InChI=1S/C41H42O5S/c1-31-22-24-35(25-23-31)29-45-40-39(44-28-34-18-10-4-11-19-34)38(43-27-33-16-8-3-9-17-33)37(30-42-26-32-14-6-2-7-15-32)46-41(40,47)36-20-12-5-13-21-36/h2-25,37-40,47H,26-30H2,1H3/t37-,38+,39+,40-,41+/m1/s1. The van der Waals surface area contributed by atoms with E-state index in [1.54, 1.807) is 0 Å². The topological polar surface area (TPSA) is 46.2 Å². The van der Waals surface area contributed by atoms with E-state index in [0.29, 0.717) is 26.4 Å². The molecule has 242 valence electrons. The lowest BCUT2D eigenvalue weighted by atomic mass is 9.89. The highest BCUT2D eigenvalue weighted by molar-refractivity contribution is 7.81. The van der Waals surface area contributed by atoms with Gasteiger partial charge >= 0.3 is 0 Å². The van der Waals surface area contributed by atoms with Gasteiger partial charge in [-0.2, -0.15) is 0 Å². The summed E-state index contributed by atoms with van der Waals surface area (Å²) in [7, 11) is 0. The molecule has 5 aromatic carbocycles. The molecule has 0 N–H and O–H groups in total. The minimum atomic E-state index is -1.17. The molecule has 5 atom stereocenters.